The Morgan fingerprint density at radius 1 is 0.973 bits per heavy atom. The van der Waals surface area contributed by atoms with Crippen LogP contribution in [0, 0.1) is 0 Å². The molecule has 4 rings (SSSR count). The van der Waals surface area contributed by atoms with Crippen LogP contribution in [0.15, 0.2) is 76.4 Å². The van der Waals surface area contributed by atoms with E-state index in [1.165, 1.54) is 5.56 Å². The third-order valence-electron chi connectivity index (χ3n) is 6.33. The fourth-order valence-corrected chi connectivity index (χ4v) is 5.74. The molecule has 37 heavy (non-hydrogen) atoms. The minimum absolute atomic E-state index is 0.0188. The van der Waals surface area contributed by atoms with E-state index < -0.39 is 0 Å². The molecule has 0 heterocycles. The molecule has 0 saturated heterocycles. The Bertz CT molecular complexity index is 1310. The summed E-state index contributed by atoms with van der Waals surface area (Å²) in [6.45, 7) is 0.457. The number of hydrogen-bond donors (Lipinski definition) is 0. The number of halogens is 1. The Labute approximate surface area is 230 Å². The van der Waals surface area contributed by atoms with Crippen LogP contribution in [0.2, 0.25) is 0 Å². The SMILES string of the molecule is COc1cc2c(c(OC)c1OC)-c1ccc(SCc3ccccc3)c(=O)cc1[C@H](OC/C=C/CBr)CC2. The molecule has 0 radical (unpaired) electrons. The molecule has 1 atom stereocenters. The summed E-state index contributed by atoms with van der Waals surface area (Å²) < 4.78 is 23.5. The highest BCUT2D eigenvalue weighted by Crippen LogP contribution is 2.50. The average Bonchev–Trinajstić information content (AvgIpc) is 3.17. The number of ether oxygens (including phenoxy) is 4. The monoisotopic (exact) mass is 582 g/mol. The summed E-state index contributed by atoms with van der Waals surface area (Å²) in [6, 6.07) is 17.8. The molecule has 0 spiro atoms. The second kappa shape index (κ2) is 13.2. The number of hydrogen-bond acceptors (Lipinski definition) is 6. The Morgan fingerprint density at radius 3 is 2.46 bits per heavy atom. The van der Waals surface area contributed by atoms with E-state index in [1.807, 2.05) is 48.6 Å². The van der Waals surface area contributed by atoms with E-state index in [2.05, 4.69) is 28.1 Å². The summed E-state index contributed by atoms with van der Waals surface area (Å²) >= 11 is 4.95. The average molecular weight is 584 g/mol. The third kappa shape index (κ3) is 6.22. The predicted molar refractivity (Wildman–Crippen MR) is 154 cm³/mol. The van der Waals surface area contributed by atoms with E-state index in [4.69, 9.17) is 18.9 Å². The van der Waals surface area contributed by atoms with Crippen molar-refractivity contribution in [3.63, 3.8) is 0 Å². The van der Waals surface area contributed by atoms with Crippen molar-refractivity contribution in [3.05, 3.63) is 93.7 Å². The summed E-state index contributed by atoms with van der Waals surface area (Å²) in [5.41, 5.74) is 4.89. The first-order chi connectivity index (χ1) is 18.1. The molecule has 0 unspecified atom stereocenters. The Balaban J connectivity index is 1.86. The number of fused-ring (bicyclic) bond motifs is 3. The molecule has 1 aliphatic rings. The van der Waals surface area contributed by atoms with Crippen LogP contribution in [-0.4, -0.2) is 33.3 Å². The van der Waals surface area contributed by atoms with E-state index in [0.29, 0.717) is 34.5 Å². The second-order valence-electron chi connectivity index (χ2n) is 8.52. The molecule has 5 nitrogen and oxygen atoms in total. The Morgan fingerprint density at radius 2 is 1.76 bits per heavy atom. The first kappa shape index (κ1) is 27.3. The van der Waals surface area contributed by atoms with Gasteiger partial charge in [0.05, 0.1) is 38.9 Å². The minimum Gasteiger partial charge on any atom is -0.493 e. The number of thioether (sulfide) groups is 1. The molecule has 0 amide bonds. The van der Waals surface area contributed by atoms with Gasteiger partial charge in [0.1, 0.15) is 0 Å². The van der Waals surface area contributed by atoms with E-state index in [1.54, 1.807) is 39.2 Å². The normalized spacial score (nSPS) is 14.5. The molecule has 0 N–H and O–H groups in total. The molecule has 0 saturated carbocycles. The molecule has 7 heteroatoms. The minimum atomic E-state index is -0.254. The van der Waals surface area contributed by atoms with Crippen LogP contribution in [0.25, 0.3) is 11.1 Å². The van der Waals surface area contributed by atoms with E-state index in [0.717, 1.165) is 40.4 Å². The van der Waals surface area contributed by atoms with Gasteiger partial charge in [0.15, 0.2) is 16.9 Å². The van der Waals surface area contributed by atoms with Crippen molar-refractivity contribution >= 4 is 27.7 Å². The largest absolute Gasteiger partial charge is 0.493 e. The molecule has 0 bridgehead atoms. The maximum absolute atomic E-state index is 13.5. The number of aryl methyl sites for hydroxylation is 1. The zero-order valence-corrected chi connectivity index (χ0v) is 23.7. The van der Waals surface area contributed by atoms with Gasteiger partial charge in [0.25, 0.3) is 0 Å². The number of alkyl halides is 1. The quantitative estimate of drug-likeness (QED) is 0.146. The Kier molecular flexibility index (Phi) is 9.72. The van der Waals surface area contributed by atoms with Gasteiger partial charge in [-0.3, -0.25) is 4.79 Å². The van der Waals surface area contributed by atoms with Crippen LogP contribution in [0.3, 0.4) is 0 Å². The summed E-state index contributed by atoms with van der Waals surface area (Å²) in [4.78, 5) is 14.2. The number of allylic oxidation sites excluding steroid dienone is 1. The zero-order chi connectivity index (χ0) is 26.2. The van der Waals surface area contributed by atoms with Gasteiger partial charge < -0.3 is 18.9 Å². The summed E-state index contributed by atoms with van der Waals surface area (Å²) in [6.07, 6.45) is 5.20. The standard InChI is InChI=1S/C30H31BrO5S/c1-33-26-17-21-11-13-25(36-16-8-7-15-31)23-18-24(32)27(37-19-20-9-5-4-6-10-20)14-12-22(23)28(21)30(35-3)29(26)34-2/h4-10,12,14,17-18,25H,11,13,15-16,19H2,1-3H3/b8-7+/t25-/m1/s1. The van der Waals surface area contributed by atoms with Gasteiger partial charge in [-0.05, 0) is 53.3 Å². The molecule has 3 aromatic carbocycles. The molecule has 0 fully saturated rings. The van der Waals surface area contributed by atoms with Crippen LogP contribution in [0.1, 0.15) is 29.2 Å². The third-order valence-corrected chi connectivity index (χ3v) is 7.83. The van der Waals surface area contributed by atoms with Crippen molar-refractivity contribution in [2.45, 2.75) is 29.6 Å². The van der Waals surface area contributed by atoms with Gasteiger partial charge in [-0.2, -0.15) is 0 Å². The van der Waals surface area contributed by atoms with Crippen LogP contribution in [0.4, 0.5) is 0 Å². The lowest BCUT2D eigenvalue weighted by Crippen LogP contribution is -2.08. The van der Waals surface area contributed by atoms with Crippen molar-refractivity contribution < 1.29 is 18.9 Å². The fourth-order valence-electron chi connectivity index (χ4n) is 4.59. The lowest BCUT2D eigenvalue weighted by Gasteiger charge is -2.19. The smallest absolute Gasteiger partial charge is 0.203 e. The molecular weight excluding hydrogens is 552 g/mol. The number of rotatable bonds is 10. The lowest BCUT2D eigenvalue weighted by atomic mass is 9.96. The van der Waals surface area contributed by atoms with Crippen LogP contribution in [-0.2, 0) is 16.9 Å². The second-order valence-corrected chi connectivity index (χ2v) is 10.2. The maximum atomic E-state index is 13.5. The number of benzene rings is 2. The van der Waals surface area contributed by atoms with Gasteiger partial charge >= 0.3 is 0 Å². The predicted octanol–water partition coefficient (Wildman–Crippen LogP) is 6.99. The van der Waals surface area contributed by atoms with Crippen molar-refractivity contribution in [1.82, 2.24) is 0 Å². The van der Waals surface area contributed by atoms with Crippen molar-refractivity contribution in [2.24, 2.45) is 0 Å². The van der Waals surface area contributed by atoms with Crippen LogP contribution < -0.4 is 19.6 Å². The molecule has 1 aliphatic carbocycles. The van der Waals surface area contributed by atoms with E-state index >= 15 is 0 Å². The topological polar surface area (TPSA) is 54.0 Å². The van der Waals surface area contributed by atoms with Crippen molar-refractivity contribution in [3.8, 4) is 28.4 Å². The fraction of sp³-hybridized carbons (Fsp3) is 0.300. The molecule has 0 aromatic heterocycles. The summed E-state index contributed by atoms with van der Waals surface area (Å²) in [5, 5.41) is 0.765. The zero-order valence-electron chi connectivity index (χ0n) is 21.3. The summed E-state index contributed by atoms with van der Waals surface area (Å²) in [5.74, 6) is 2.45. The lowest BCUT2D eigenvalue weighted by molar-refractivity contribution is 0.0686. The molecule has 0 aliphatic heterocycles. The first-order valence-electron chi connectivity index (χ1n) is 12.1. The summed E-state index contributed by atoms with van der Waals surface area (Å²) in [7, 11) is 4.85. The van der Waals surface area contributed by atoms with Gasteiger partial charge in [0, 0.05) is 16.6 Å². The van der Waals surface area contributed by atoms with Crippen LogP contribution in [0.5, 0.6) is 17.2 Å². The van der Waals surface area contributed by atoms with E-state index in [9.17, 15) is 4.79 Å². The van der Waals surface area contributed by atoms with Crippen molar-refractivity contribution in [1.29, 1.82) is 0 Å². The highest BCUT2D eigenvalue weighted by atomic mass is 79.9. The highest BCUT2D eigenvalue weighted by molar-refractivity contribution is 9.09. The van der Waals surface area contributed by atoms with Gasteiger partial charge in [-0.25, -0.2) is 0 Å². The molecule has 194 valence electrons. The van der Waals surface area contributed by atoms with Gasteiger partial charge in [-0.15, -0.1) is 11.8 Å². The number of methoxy groups -OCH3 is 3. The maximum Gasteiger partial charge on any atom is 0.203 e. The van der Waals surface area contributed by atoms with Crippen LogP contribution >= 0.6 is 27.7 Å². The van der Waals surface area contributed by atoms with Crippen molar-refractivity contribution in [2.75, 3.05) is 33.3 Å². The van der Waals surface area contributed by atoms with Gasteiger partial charge in [0.2, 0.25) is 5.75 Å². The Hall–Kier alpha value is -2.74. The van der Waals surface area contributed by atoms with Gasteiger partial charge in [-0.1, -0.05) is 64.5 Å². The molecule has 3 aromatic rings. The van der Waals surface area contributed by atoms with E-state index in [-0.39, 0.29) is 11.5 Å². The molecular formula is C30H31BrO5S. The first-order valence-corrected chi connectivity index (χ1v) is 14.2. The highest BCUT2D eigenvalue weighted by Gasteiger charge is 2.29.